The number of ketones is 1. The van der Waals surface area contributed by atoms with Crippen LogP contribution in [0.25, 0.3) is 11.3 Å². The molecule has 0 aliphatic carbocycles. The summed E-state index contributed by atoms with van der Waals surface area (Å²) in [7, 11) is 1.83. The van der Waals surface area contributed by atoms with Gasteiger partial charge in [0, 0.05) is 30.2 Å². The van der Waals surface area contributed by atoms with E-state index >= 15 is 0 Å². The molecule has 0 aliphatic heterocycles. The fourth-order valence-corrected chi connectivity index (χ4v) is 2.95. The normalized spacial score (nSPS) is 10.6. The first kappa shape index (κ1) is 17.6. The highest BCUT2D eigenvalue weighted by atomic mass is 16.1. The van der Waals surface area contributed by atoms with Crippen LogP contribution < -0.4 is 5.32 Å². The van der Waals surface area contributed by atoms with Crippen molar-refractivity contribution >= 4 is 17.4 Å². The van der Waals surface area contributed by atoms with Gasteiger partial charge in [-0.05, 0) is 19.1 Å². The van der Waals surface area contributed by atoms with Crippen molar-refractivity contribution in [2.45, 2.75) is 20.3 Å². The molecule has 132 valence electrons. The predicted octanol–water partition coefficient (Wildman–Crippen LogP) is 3.98. The molecule has 5 heteroatoms. The number of hydrogen-bond acceptors (Lipinski definition) is 3. The van der Waals surface area contributed by atoms with E-state index in [4.69, 9.17) is 0 Å². The van der Waals surface area contributed by atoms with Gasteiger partial charge in [0.1, 0.15) is 0 Å². The lowest BCUT2D eigenvalue weighted by Gasteiger charge is -2.15. The van der Waals surface area contributed by atoms with E-state index in [9.17, 15) is 9.59 Å². The van der Waals surface area contributed by atoms with Gasteiger partial charge in [-0.3, -0.25) is 14.3 Å². The van der Waals surface area contributed by atoms with Crippen molar-refractivity contribution in [1.29, 1.82) is 0 Å². The Labute approximate surface area is 152 Å². The first-order chi connectivity index (χ1) is 12.5. The molecule has 1 amide bonds. The zero-order valence-electron chi connectivity index (χ0n) is 15.1. The second-order valence-electron chi connectivity index (χ2n) is 6.12. The molecular formula is C21H21N3O2. The molecule has 3 aromatic rings. The molecule has 26 heavy (non-hydrogen) atoms. The van der Waals surface area contributed by atoms with Gasteiger partial charge in [0.05, 0.1) is 17.1 Å². The molecule has 1 N–H and O–H groups in total. The summed E-state index contributed by atoms with van der Waals surface area (Å²) >= 11 is 0. The van der Waals surface area contributed by atoms with Gasteiger partial charge in [0.15, 0.2) is 5.78 Å². The largest absolute Gasteiger partial charge is 0.325 e. The molecule has 0 bridgehead atoms. The maximum absolute atomic E-state index is 13.1. The quantitative estimate of drug-likeness (QED) is 0.710. The Hall–Kier alpha value is -3.21. The van der Waals surface area contributed by atoms with Gasteiger partial charge in [-0.1, -0.05) is 49.4 Å². The zero-order valence-corrected chi connectivity index (χ0v) is 15.1. The summed E-state index contributed by atoms with van der Waals surface area (Å²) in [5, 5.41) is 7.30. The SMILES string of the molecule is CCC(=O)Nc1cccc(C(=O)c2ccccc2)c1-c1cc(C)nn1C. The van der Waals surface area contributed by atoms with Crippen LogP contribution in [-0.4, -0.2) is 21.5 Å². The van der Waals surface area contributed by atoms with Gasteiger partial charge in [-0.2, -0.15) is 5.10 Å². The Kier molecular flexibility index (Phi) is 4.98. The highest BCUT2D eigenvalue weighted by Gasteiger charge is 2.21. The number of benzene rings is 2. The van der Waals surface area contributed by atoms with Crippen LogP contribution in [0.4, 0.5) is 5.69 Å². The van der Waals surface area contributed by atoms with Gasteiger partial charge in [-0.25, -0.2) is 0 Å². The second kappa shape index (κ2) is 7.35. The van der Waals surface area contributed by atoms with Crippen molar-refractivity contribution < 1.29 is 9.59 Å². The minimum Gasteiger partial charge on any atom is -0.325 e. The minimum atomic E-state index is -0.102. The van der Waals surface area contributed by atoms with Crippen molar-refractivity contribution in [3.63, 3.8) is 0 Å². The van der Waals surface area contributed by atoms with Gasteiger partial charge in [0.2, 0.25) is 5.91 Å². The maximum atomic E-state index is 13.1. The highest BCUT2D eigenvalue weighted by Crippen LogP contribution is 2.33. The summed E-state index contributed by atoms with van der Waals surface area (Å²) in [4.78, 5) is 25.1. The lowest BCUT2D eigenvalue weighted by Crippen LogP contribution is -2.13. The topological polar surface area (TPSA) is 64.0 Å². The summed E-state index contributed by atoms with van der Waals surface area (Å²) in [5.74, 6) is -0.193. The first-order valence-electron chi connectivity index (χ1n) is 8.55. The molecule has 1 heterocycles. The Morgan fingerprint density at radius 1 is 1.08 bits per heavy atom. The van der Waals surface area contributed by atoms with Crippen molar-refractivity contribution in [3.05, 3.63) is 71.4 Å². The molecule has 5 nitrogen and oxygen atoms in total. The van der Waals surface area contributed by atoms with E-state index in [1.165, 1.54) is 0 Å². The van der Waals surface area contributed by atoms with Crippen LogP contribution in [-0.2, 0) is 11.8 Å². The molecule has 0 unspecified atom stereocenters. The summed E-state index contributed by atoms with van der Waals surface area (Å²) in [5.41, 5.74) is 4.07. The molecule has 1 aromatic heterocycles. The fourth-order valence-electron chi connectivity index (χ4n) is 2.95. The van der Waals surface area contributed by atoms with Gasteiger partial charge < -0.3 is 5.32 Å². The van der Waals surface area contributed by atoms with Crippen molar-refractivity contribution in [2.75, 3.05) is 5.32 Å². The average Bonchev–Trinajstić information content (AvgIpc) is 2.99. The molecule has 0 saturated carbocycles. The number of nitrogens with zero attached hydrogens (tertiary/aromatic N) is 2. The molecule has 0 aliphatic rings. The van der Waals surface area contributed by atoms with E-state index in [1.54, 1.807) is 35.9 Å². The molecule has 0 saturated heterocycles. The number of nitrogens with one attached hydrogen (secondary N) is 1. The number of aryl methyl sites for hydroxylation is 2. The highest BCUT2D eigenvalue weighted by molar-refractivity contribution is 6.15. The molecule has 0 spiro atoms. The Morgan fingerprint density at radius 3 is 2.42 bits per heavy atom. The molecule has 0 fully saturated rings. The van der Waals surface area contributed by atoms with Crippen molar-refractivity contribution in [2.24, 2.45) is 7.05 Å². The van der Waals surface area contributed by atoms with Crippen LogP contribution in [0.5, 0.6) is 0 Å². The molecular weight excluding hydrogens is 326 g/mol. The number of carbonyl (C=O) groups is 2. The third-order valence-corrected chi connectivity index (χ3v) is 4.20. The van der Waals surface area contributed by atoms with E-state index in [2.05, 4.69) is 10.4 Å². The van der Waals surface area contributed by atoms with Gasteiger partial charge in [-0.15, -0.1) is 0 Å². The molecule has 0 atom stereocenters. The van der Waals surface area contributed by atoms with Crippen LogP contribution in [0.3, 0.4) is 0 Å². The van der Waals surface area contributed by atoms with Gasteiger partial charge >= 0.3 is 0 Å². The van der Waals surface area contributed by atoms with Crippen molar-refractivity contribution in [1.82, 2.24) is 9.78 Å². The molecule has 2 aromatic carbocycles. The van der Waals surface area contributed by atoms with Crippen molar-refractivity contribution in [3.8, 4) is 11.3 Å². The molecule has 0 radical (unpaired) electrons. The average molecular weight is 347 g/mol. The number of amides is 1. The first-order valence-corrected chi connectivity index (χ1v) is 8.55. The smallest absolute Gasteiger partial charge is 0.224 e. The fraction of sp³-hybridized carbons (Fsp3) is 0.190. The van der Waals surface area contributed by atoms with Crippen LogP contribution >= 0.6 is 0 Å². The Bertz CT molecular complexity index is 959. The summed E-state index contributed by atoms with van der Waals surface area (Å²) in [6, 6.07) is 16.4. The third kappa shape index (κ3) is 3.42. The Balaban J connectivity index is 2.21. The van der Waals surface area contributed by atoms with Gasteiger partial charge in [0.25, 0.3) is 0 Å². The number of aromatic nitrogens is 2. The van der Waals surface area contributed by atoms with E-state index in [1.807, 2.05) is 44.3 Å². The van der Waals surface area contributed by atoms with Crippen LogP contribution in [0, 0.1) is 6.92 Å². The Morgan fingerprint density at radius 2 is 1.81 bits per heavy atom. The lowest BCUT2D eigenvalue weighted by atomic mass is 9.94. The summed E-state index contributed by atoms with van der Waals surface area (Å²) in [6.45, 7) is 3.69. The number of carbonyl (C=O) groups excluding carboxylic acids is 2. The van der Waals surface area contributed by atoms with E-state index in [-0.39, 0.29) is 11.7 Å². The number of rotatable bonds is 5. The lowest BCUT2D eigenvalue weighted by molar-refractivity contribution is -0.115. The second-order valence-corrected chi connectivity index (χ2v) is 6.12. The van der Waals surface area contributed by atoms with Crippen LogP contribution in [0.15, 0.2) is 54.6 Å². The summed E-state index contributed by atoms with van der Waals surface area (Å²) < 4.78 is 1.73. The van der Waals surface area contributed by atoms with Crippen LogP contribution in [0.1, 0.15) is 35.0 Å². The zero-order chi connectivity index (χ0) is 18.7. The van der Waals surface area contributed by atoms with E-state index in [0.717, 1.165) is 11.4 Å². The van der Waals surface area contributed by atoms with E-state index in [0.29, 0.717) is 28.8 Å². The molecule has 3 rings (SSSR count). The minimum absolute atomic E-state index is 0.0907. The predicted molar refractivity (Wildman–Crippen MR) is 102 cm³/mol. The standard InChI is InChI=1S/C21H21N3O2/c1-4-19(25)22-17-12-8-11-16(21(26)15-9-6-5-7-10-15)20(17)18-13-14(2)23-24(18)3/h5-13H,4H2,1-3H3,(H,22,25). The van der Waals surface area contributed by atoms with E-state index < -0.39 is 0 Å². The monoisotopic (exact) mass is 347 g/mol. The number of anilines is 1. The van der Waals surface area contributed by atoms with Crippen LogP contribution in [0.2, 0.25) is 0 Å². The summed E-state index contributed by atoms with van der Waals surface area (Å²) in [6.07, 6.45) is 0.362. The number of hydrogen-bond donors (Lipinski definition) is 1. The third-order valence-electron chi connectivity index (χ3n) is 4.20. The maximum Gasteiger partial charge on any atom is 0.224 e.